The average molecular weight is 523 g/mol. The van der Waals surface area contributed by atoms with E-state index < -0.39 is 17.9 Å². The Bertz CT molecular complexity index is 1690. The molecule has 0 radical (unpaired) electrons. The van der Waals surface area contributed by atoms with Gasteiger partial charge in [0.2, 0.25) is 5.91 Å². The van der Waals surface area contributed by atoms with Crippen LogP contribution in [-0.2, 0) is 25.5 Å². The number of morpholine rings is 1. The molecule has 4 aliphatic heterocycles. The van der Waals surface area contributed by atoms with E-state index in [9.17, 15) is 14.4 Å². The first kappa shape index (κ1) is 23.5. The van der Waals surface area contributed by atoms with Gasteiger partial charge in [-0.3, -0.25) is 29.1 Å². The number of anilines is 1. The number of benzene rings is 1. The summed E-state index contributed by atoms with van der Waals surface area (Å²) in [5.74, 6) is -0.957. The molecule has 4 aliphatic rings. The van der Waals surface area contributed by atoms with Gasteiger partial charge in [0.05, 0.1) is 47.6 Å². The highest BCUT2D eigenvalue weighted by atomic mass is 16.5. The summed E-state index contributed by atoms with van der Waals surface area (Å²) in [6.07, 6.45) is 7.47. The number of amides is 3. The van der Waals surface area contributed by atoms with E-state index in [4.69, 9.17) is 4.74 Å². The van der Waals surface area contributed by atoms with Crippen LogP contribution in [0.3, 0.4) is 0 Å². The van der Waals surface area contributed by atoms with Gasteiger partial charge in [-0.15, -0.1) is 0 Å². The van der Waals surface area contributed by atoms with Gasteiger partial charge in [0.25, 0.3) is 11.8 Å². The molecule has 10 heteroatoms. The van der Waals surface area contributed by atoms with Crippen LogP contribution in [0.25, 0.3) is 11.2 Å². The Kier molecular flexibility index (Phi) is 5.27. The molecule has 1 aromatic carbocycles. The third-order valence-electron chi connectivity index (χ3n) is 7.77. The fraction of sp³-hybridized carbons (Fsp3) is 0.276. The number of aromatic nitrogens is 2. The van der Waals surface area contributed by atoms with Crippen molar-refractivity contribution >= 4 is 40.3 Å². The SMILES string of the molecule is Cc1cc(C)c2ncc(C3=C(C4=NC=CN5c6c(cccc64)CC5C(=O)N4CCOCC4)C(=O)NC3=O)n2c1. The Balaban J connectivity index is 1.36. The van der Waals surface area contributed by atoms with Gasteiger partial charge in [0, 0.05) is 43.7 Å². The first-order valence-electron chi connectivity index (χ1n) is 13.0. The molecule has 196 valence electrons. The summed E-state index contributed by atoms with van der Waals surface area (Å²) in [7, 11) is 0. The second-order valence-electron chi connectivity index (χ2n) is 10.2. The lowest BCUT2D eigenvalue weighted by molar-refractivity contribution is -0.136. The standard InChI is InChI=1S/C29H26N6O4/c1-16-12-17(2)26-31-14-21(35(26)15-16)22-23(28(37)32-27(22)36)24-19-5-3-4-18-13-20(34(25(18)19)7-6-30-24)29(38)33-8-10-39-11-9-33/h3-7,12,14-15,20H,8-11,13H2,1-2H3,(H,32,36,37). The molecule has 3 amide bonds. The van der Waals surface area contributed by atoms with Crippen LogP contribution >= 0.6 is 0 Å². The van der Waals surface area contributed by atoms with Crippen LogP contribution in [0, 0.1) is 13.8 Å². The number of nitrogens with one attached hydrogen (secondary N) is 1. The smallest absolute Gasteiger partial charge is 0.261 e. The molecule has 10 nitrogen and oxygen atoms in total. The minimum absolute atomic E-state index is 0.0405. The summed E-state index contributed by atoms with van der Waals surface area (Å²) in [5, 5.41) is 2.47. The van der Waals surface area contributed by atoms with E-state index in [1.807, 2.05) is 58.5 Å². The van der Waals surface area contributed by atoms with Crippen molar-refractivity contribution in [2.75, 3.05) is 31.2 Å². The number of hydrogen-bond acceptors (Lipinski definition) is 7. The highest BCUT2D eigenvalue weighted by molar-refractivity contribution is 6.47. The van der Waals surface area contributed by atoms with Gasteiger partial charge in [-0.1, -0.05) is 24.3 Å². The van der Waals surface area contributed by atoms with Crippen LogP contribution in [-0.4, -0.2) is 70.1 Å². The van der Waals surface area contributed by atoms with Crippen LogP contribution in [0.4, 0.5) is 5.69 Å². The Hall–Kier alpha value is -4.57. The zero-order chi connectivity index (χ0) is 26.8. The lowest BCUT2D eigenvalue weighted by atomic mass is 9.94. The topological polar surface area (TPSA) is 109 Å². The van der Waals surface area contributed by atoms with Crippen LogP contribution < -0.4 is 10.2 Å². The fourth-order valence-corrected chi connectivity index (χ4v) is 6.08. The summed E-state index contributed by atoms with van der Waals surface area (Å²) in [6.45, 7) is 6.13. The van der Waals surface area contributed by atoms with Gasteiger partial charge < -0.3 is 14.5 Å². The zero-order valence-corrected chi connectivity index (χ0v) is 21.6. The molecule has 6 heterocycles. The number of hydrogen-bond donors (Lipinski definition) is 1. The number of carbonyl (C=O) groups is 3. The highest BCUT2D eigenvalue weighted by Gasteiger charge is 2.42. The molecule has 0 saturated carbocycles. The van der Waals surface area contributed by atoms with Gasteiger partial charge in [-0.05, 0) is 30.5 Å². The molecule has 1 fully saturated rings. The number of fused-ring (bicyclic) bond motifs is 1. The maximum absolute atomic E-state index is 13.5. The van der Waals surface area contributed by atoms with Crippen LogP contribution in [0.2, 0.25) is 0 Å². The first-order chi connectivity index (χ1) is 18.9. The number of nitrogens with zero attached hydrogens (tertiary/aromatic N) is 5. The number of rotatable bonds is 3. The van der Waals surface area contributed by atoms with Crippen molar-refractivity contribution < 1.29 is 19.1 Å². The summed E-state index contributed by atoms with van der Waals surface area (Å²) in [6, 6.07) is 7.41. The summed E-state index contributed by atoms with van der Waals surface area (Å²) < 4.78 is 7.28. The molecule has 0 aliphatic carbocycles. The minimum atomic E-state index is -0.508. The predicted octanol–water partition coefficient (Wildman–Crippen LogP) is 1.93. The quantitative estimate of drug-likeness (QED) is 0.527. The average Bonchev–Trinajstić information content (AvgIpc) is 3.55. The maximum Gasteiger partial charge on any atom is 0.261 e. The molecule has 1 atom stereocenters. The van der Waals surface area contributed by atoms with E-state index in [2.05, 4.69) is 15.3 Å². The van der Waals surface area contributed by atoms with E-state index in [0.717, 1.165) is 22.4 Å². The third kappa shape index (κ3) is 3.55. The molecular weight excluding hydrogens is 496 g/mol. The van der Waals surface area contributed by atoms with E-state index >= 15 is 0 Å². The number of imide groups is 1. The van der Waals surface area contributed by atoms with Gasteiger partial charge in [0.15, 0.2) is 0 Å². The van der Waals surface area contributed by atoms with E-state index in [-0.39, 0.29) is 17.1 Å². The molecule has 0 spiro atoms. The maximum atomic E-state index is 13.5. The minimum Gasteiger partial charge on any atom is -0.378 e. The largest absolute Gasteiger partial charge is 0.378 e. The molecule has 7 rings (SSSR count). The molecular formula is C29H26N6O4. The number of pyridine rings is 1. The Morgan fingerprint density at radius 2 is 1.90 bits per heavy atom. The first-order valence-corrected chi connectivity index (χ1v) is 13.0. The Morgan fingerprint density at radius 3 is 2.72 bits per heavy atom. The van der Waals surface area contributed by atoms with E-state index in [1.54, 1.807) is 18.6 Å². The van der Waals surface area contributed by atoms with E-state index in [0.29, 0.717) is 55.3 Å². The number of aryl methyl sites for hydroxylation is 2. The van der Waals surface area contributed by atoms with Crippen LogP contribution in [0.1, 0.15) is 27.9 Å². The molecule has 3 aromatic rings. The fourth-order valence-electron chi connectivity index (χ4n) is 6.08. The Morgan fingerprint density at radius 1 is 1.10 bits per heavy atom. The molecule has 1 saturated heterocycles. The van der Waals surface area contributed by atoms with Gasteiger partial charge in [-0.25, -0.2) is 4.98 Å². The summed E-state index contributed by atoms with van der Waals surface area (Å²) in [4.78, 5) is 53.1. The van der Waals surface area contributed by atoms with Crippen LogP contribution in [0.15, 0.2) is 59.6 Å². The van der Waals surface area contributed by atoms with Crippen molar-refractivity contribution in [2.24, 2.45) is 4.99 Å². The number of aliphatic imine (C=N–C) groups is 1. The van der Waals surface area contributed by atoms with Crippen molar-refractivity contribution in [3.63, 3.8) is 0 Å². The summed E-state index contributed by atoms with van der Waals surface area (Å²) in [5.41, 5.74) is 6.56. The number of carbonyl (C=O) groups excluding carboxylic acids is 3. The number of ether oxygens (including phenoxy) is 1. The van der Waals surface area contributed by atoms with Crippen molar-refractivity contribution in [3.05, 3.63) is 82.6 Å². The summed E-state index contributed by atoms with van der Waals surface area (Å²) >= 11 is 0. The van der Waals surface area contributed by atoms with Crippen molar-refractivity contribution in [3.8, 4) is 0 Å². The van der Waals surface area contributed by atoms with Gasteiger partial charge in [0.1, 0.15) is 11.7 Å². The molecule has 1 unspecified atom stereocenters. The van der Waals surface area contributed by atoms with Gasteiger partial charge >= 0.3 is 0 Å². The molecule has 39 heavy (non-hydrogen) atoms. The van der Waals surface area contributed by atoms with Crippen molar-refractivity contribution in [2.45, 2.75) is 26.3 Å². The van der Waals surface area contributed by atoms with Gasteiger partial charge in [-0.2, -0.15) is 0 Å². The normalized spacial score (nSPS) is 20.5. The molecule has 2 aromatic heterocycles. The highest BCUT2D eigenvalue weighted by Crippen LogP contribution is 2.40. The lowest BCUT2D eigenvalue weighted by Gasteiger charge is -2.32. The number of imidazole rings is 1. The van der Waals surface area contributed by atoms with Crippen molar-refractivity contribution in [1.29, 1.82) is 0 Å². The lowest BCUT2D eigenvalue weighted by Crippen LogP contribution is -2.49. The third-order valence-corrected chi connectivity index (χ3v) is 7.77. The second-order valence-corrected chi connectivity index (χ2v) is 10.2. The molecule has 1 N–H and O–H groups in total. The van der Waals surface area contributed by atoms with Crippen LogP contribution in [0.5, 0.6) is 0 Å². The van der Waals surface area contributed by atoms with Crippen molar-refractivity contribution in [1.82, 2.24) is 19.6 Å². The second kappa shape index (κ2) is 8.74. The van der Waals surface area contributed by atoms with E-state index in [1.165, 1.54) is 0 Å². The molecule has 0 bridgehead atoms. The predicted molar refractivity (Wildman–Crippen MR) is 144 cm³/mol. The number of para-hydroxylation sites is 1. The monoisotopic (exact) mass is 522 g/mol. The zero-order valence-electron chi connectivity index (χ0n) is 21.6. The Labute approximate surface area is 224 Å².